The molecule has 4 rings (SSSR count). The van der Waals surface area contributed by atoms with Crippen LogP contribution in [0.15, 0.2) is 36.6 Å². The van der Waals surface area contributed by atoms with E-state index in [4.69, 9.17) is 19.6 Å². The zero-order valence-electron chi connectivity index (χ0n) is 20.7. The molecule has 0 spiro atoms. The SMILES string of the molecule is CC1CCc2c(ccc3c2nc(CC/C=C\C=C/NC=O)n3CCN2CCOCC2)N1C.O=CO. The molecule has 0 bridgehead atoms. The Kier molecular flexibility index (Phi) is 10.3. The molecule has 2 aliphatic heterocycles. The monoisotopic (exact) mass is 483 g/mol. The molecule has 1 amide bonds. The van der Waals surface area contributed by atoms with Gasteiger partial charge < -0.3 is 24.6 Å². The van der Waals surface area contributed by atoms with Crippen LogP contribution in [0.25, 0.3) is 11.0 Å². The van der Waals surface area contributed by atoms with Crippen molar-refractivity contribution in [1.29, 1.82) is 0 Å². The first-order chi connectivity index (χ1) is 17.1. The van der Waals surface area contributed by atoms with Gasteiger partial charge in [-0.2, -0.15) is 0 Å². The summed E-state index contributed by atoms with van der Waals surface area (Å²) >= 11 is 0. The van der Waals surface area contributed by atoms with Crippen LogP contribution in [0.5, 0.6) is 0 Å². The van der Waals surface area contributed by atoms with Crippen molar-refractivity contribution in [3.05, 3.63) is 47.9 Å². The highest BCUT2D eigenvalue weighted by molar-refractivity contribution is 5.86. The smallest absolute Gasteiger partial charge is 0.290 e. The highest BCUT2D eigenvalue weighted by Gasteiger charge is 2.24. The predicted molar refractivity (Wildman–Crippen MR) is 138 cm³/mol. The van der Waals surface area contributed by atoms with E-state index in [1.54, 1.807) is 6.20 Å². The van der Waals surface area contributed by atoms with Crippen LogP contribution in [0.3, 0.4) is 0 Å². The molecule has 0 aliphatic carbocycles. The van der Waals surface area contributed by atoms with Crippen molar-refractivity contribution in [2.24, 2.45) is 0 Å². The Morgan fingerprint density at radius 2 is 1.97 bits per heavy atom. The van der Waals surface area contributed by atoms with Gasteiger partial charge in [-0.1, -0.05) is 12.2 Å². The van der Waals surface area contributed by atoms with Crippen LogP contribution in [0.2, 0.25) is 0 Å². The molecule has 1 aromatic carbocycles. The largest absolute Gasteiger partial charge is 0.483 e. The molecule has 0 saturated carbocycles. The van der Waals surface area contributed by atoms with Crippen LogP contribution in [-0.4, -0.2) is 78.4 Å². The number of ether oxygens (including phenoxy) is 1. The maximum absolute atomic E-state index is 10.3. The van der Waals surface area contributed by atoms with Crippen LogP contribution in [0, 0.1) is 0 Å². The number of anilines is 1. The molecule has 9 nitrogen and oxygen atoms in total. The van der Waals surface area contributed by atoms with Crippen molar-refractivity contribution in [1.82, 2.24) is 19.8 Å². The summed E-state index contributed by atoms with van der Waals surface area (Å²) in [7, 11) is 2.20. The second-order valence-electron chi connectivity index (χ2n) is 8.78. The van der Waals surface area contributed by atoms with Crippen LogP contribution >= 0.6 is 0 Å². The number of aromatic nitrogens is 2. The Bertz CT molecular complexity index is 1030. The molecule has 1 unspecified atom stereocenters. The number of nitrogens with one attached hydrogen (secondary N) is 1. The fourth-order valence-electron chi connectivity index (χ4n) is 4.69. The number of nitrogens with zero attached hydrogens (tertiary/aromatic N) is 4. The first-order valence-electron chi connectivity index (χ1n) is 12.2. The van der Waals surface area contributed by atoms with Gasteiger partial charge in [0.15, 0.2) is 0 Å². The fraction of sp³-hybridized carbons (Fsp3) is 0.500. The molecule has 2 N–H and O–H groups in total. The standard InChI is InChI=1S/C25H35N5O2.CH2O2/c1-20-8-9-21-22(28(20)2)10-11-23-25(21)27-24(7-5-3-4-6-12-26-19-31)30(23)14-13-29-15-17-32-18-16-29;2-1-3/h3-4,6,10-12,19-20H,5,7-9,13-18H2,1-2H3,(H,26,31);1H,(H,2,3)/b4-3-,12-6-;. The van der Waals surface area contributed by atoms with Gasteiger partial charge in [-0.3, -0.25) is 14.5 Å². The maximum atomic E-state index is 10.3. The lowest BCUT2D eigenvalue weighted by molar-refractivity contribution is -0.122. The van der Waals surface area contributed by atoms with E-state index >= 15 is 0 Å². The van der Waals surface area contributed by atoms with E-state index in [1.165, 1.54) is 28.7 Å². The second-order valence-corrected chi connectivity index (χ2v) is 8.78. The van der Waals surface area contributed by atoms with Crippen LogP contribution in [0.1, 0.15) is 31.2 Å². The first kappa shape index (κ1) is 26.4. The molecular weight excluding hydrogens is 446 g/mol. The minimum Gasteiger partial charge on any atom is -0.483 e. The molecule has 1 saturated heterocycles. The Labute approximate surface area is 207 Å². The van der Waals surface area contributed by atoms with Gasteiger partial charge >= 0.3 is 0 Å². The summed E-state index contributed by atoms with van der Waals surface area (Å²) in [6.45, 7) is 7.67. The third kappa shape index (κ3) is 6.93. The highest BCUT2D eigenvalue weighted by Crippen LogP contribution is 2.35. The highest BCUT2D eigenvalue weighted by atomic mass is 16.5. The van der Waals surface area contributed by atoms with E-state index in [0.717, 1.165) is 64.5 Å². The summed E-state index contributed by atoms with van der Waals surface area (Å²) in [6, 6.07) is 5.12. The van der Waals surface area contributed by atoms with Gasteiger partial charge in [-0.25, -0.2) is 4.98 Å². The average Bonchev–Trinajstić information content (AvgIpc) is 3.23. The quantitative estimate of drug-likeness (QED) is 0.418. The number of morpholine rings is 1. The molecule has 1 aromatic heterocycles. The summed E-state index contributed by atoms with van der Waals surface area (Å²) < 4.78 is 7.94. The predicted octanol–water partition coefficient (Wildman–Crippen LogP) is 2.59. The molecule has 3 heterocycles. The number of hydrogen-bond acceptors (Lipinski definition) is 6. The molecule has 1 atom stereocenters. The minimum atomic E-state index is -0.250. The van der Waals surface area contributed by atoms with Crippen LogP contribution < -0.4 is 10.2 Å². The van der Waals surface area contributed by atoms with Gasteiger partial charge in [-0.05, 0) is 44.4 Å². The van der Waals surface area contributed by atoms with E-state index in [2.05, 4.69) is 51.9 Å². The molecule has 9 heteroatoms. The number of allylic oxidation sites excluding steroid dienone is 3. The Morgan fingerprint density at radius 3 is 2.71 bits per heavy atom. The van der Waals surface area contributed by atoms with E-state index in [-0.39, 0.29) is 6.47 Å². The number of carbonyl (C=O) groups is 2. The number of carboxylic acid groups (broad SMARTS) is 1. The molecule has 2 aromatic rings. The summed E-state index contributed by atoms with van der Waals surface area (Å²) in [6.07, 6.45) is 12.3. The third-order valence-electron chi connectivity index (χ3n) is 6.72. The number of hydrogen-bond donors (Lipinski definition) is 2. The molecule has 1 fully saturated rings. The minimum absolute atomic E-state index is 0.250. The van der Waals surface area contributed by atoms with Crippen molar-refractivity contribution in [3.63, 3.8) is 0 Å². The molecule has 35 heavy (non-hydrogen) atoms. The lowest BCUT2D eigenvalue weighted by Crippen LogP contribution is -2.38. The van der Waals surface area contributed by atoms with Crippen molar-refractivity contribution >= 4 is 29.6 Å². The Balaban J connectivity index is 0.00000108. The van der Waals surface area contributed by atoms with Crippen molar-refractivity contribution in [2.75, 3.05) is 44.8 Å². The number of fused-ring (bicyclic) bond motifs is 3. The topological polar surface area (TPSA) is 99.9 Å². The number of rotatable bonds is 9. The van der Waals surface area contributed by atoms with Gasteiger partial charge in [0.1, 0.15) is 5.82 Å². The van der Waals surface area contributed by atoms with Crippen LogP contribution in [0.4, 0.5) is 5.69 Å². The normalized spacial score (nSPS) is 18.5. The van der Waals surface area contributed by atoms with E-state index < -0.39 is 0 Å². The van der Waals surface area contributed by atoms with Crippen molar-refractivity contribution in [2.45, 2.75) is 45.2 Å². The van der Waals surface area contributed by atoms with Gasteiger partial charge in [0, 0.05) is 63.1 Å². The van der Waals surface area contributed by atoms with E-state index in [0.29, 0.717) is 12.5 Å². The third-order valence-corrected chi connectivity index (χ3v) is 6.72. The second kappa shape index (κ2) is 13.7. The van der Waals surface area contributed by atoms with E-state index in [9.17, 15) is 4.79 Å². The Hall–Kier alpha value is -3.17. The lowest BCUT2D eigenvalue weighted by atomic mass is 9.96. The Morgan fingerprint density at radius 1 is 1.20 bits per heavy atom. The van der Waals surface area contributed by atoms with Crippen molar-refractivity contribution in [3.8, 4) is 0 Å². The fourth-order valence-corrected chi connectivity index (χ4v) is 4.69. The number of carbonyl (C=O) groups excluding carboxylic acids is 1. The van der Waals surface area contributed by atoms with Gasteiger partial charge in [0.2, 0.25) is 6.41 Å². The zero-order valence-corrected chi connectivity index (χ0v) is 20.7. The number of benzene rings is 1. The average molecular weight is 484 g/mol. The number of aryl methyl sites for hydroxylation is 2. The summed E-state index contributed by atoms with van der Waals surface area (Å²) in [5.74, 6) is 1.16. The number of imidazole rings is 1. The van der Waals surface area contributed by atoms with Crippen LogP contribution in [-0.2, 0) is 33.7 Å². The van der Waals surface area contributed by atoms with Gasteiger partial charge in [0.25, 0.3) is 6.47 Å². The number of amides is 1. The first-order valence-corrected chi connectivity index (χ1v) is 12.2. The van der Waals surface area contributed by atoms with Crippen molar-refractivity contribution < 1.29 is 19.4 Å². The van der Waals surface area contributed by atoms with Gasteiger partial charge in [-0.15, -0.1) is 0 Å². The molecule has 190 valence electrons. The summed E-state index contributed by atoms with van der Waals surface area (Å²) in [5, 5.41) is 9.41. The summed E-state index contributed by atoms with van der Waals surface area (Å²) in [4.78, 5) is 28.7. The maximum Gasteiger partial charge on any atom is 0.290 e. The molecule has 2 aliphatic rings. The molecular formula is C26H37N5O4. The van der Waals surface area contributed by atoms with Gasteiger partial charge in [0.05, 0.1) is 24.2 Å². The lowest BCUT2D eigenvalue weighted by Gasteiger charge is -2.34. The van der Waals surface area contributed by atoms with E-state index in [1.807, 2.05) is 12.2 Å². The zero-order chi connectivity index (χ0) is 25.0. The summed E-state index contributed by atoms with van der Waals surface area (Å²) in [5.41, 5.74) is 5.16. The molecule has 0 radical (unpaired) electrons.